The second-order valence-electron chi connectivity index (χ2n) is 6.14. The van der Waals surface area contributed by atoms with Crippen molar-refractivity contribution in [3.05, 3.63) is 70.8 Å². The summed E-state index contributed by atoms with van der Waals surface area (Å²) >= 11 is 0. The van der Waals surface area contributed by atoms with Crippen LogP contribution in [0.4, 0.5) is 0 Å². The molecule has 3 nitrogen and oxygen atoms in total. The van der Waals surface area contributed by atoms with Gasteiger partial charge >= 0.3 is 5.97 Å². The number of benzene rings is 2. The van der Waals surface area contributed by atoms with Crippen LogP contribution in [-0.4, -0.2) is 29.1 Å². The van der Waals surface area contributed by atoms with E-state index in [4.69, 9.17) is 5.11 Å². The van der Waals surface area contributed by atoms with Crippen molar-refractivity contribution in [2.45, 2.75) is 25.8 Å². The Bertz CT molecular complexity index is 681. The van der Waals surface area contributed by atoms with Crippen LogP contribution in [0.25, 0.3) is 0 Å². The molecule has 0 amide bonds. The minimum Gasteiger partial charge on any atom is -0.478 e. The number of rotatable bonds is 4. The number of nitrogens with zero attached hydrogens (tertiary/aromatic N) is 1. The highest BCUT2D eigenvalue weighted by Gasteiger charge is 2.23. The molecule has 1 atom stereocenters. The van der Waals surface area contributed by atoms with Gasteiger partial charge in [-0.3, -0.25) is 4.90 Å². The molecule has 114 valence electrons. The first kappa shape index (κ1) is 14.8. The molecule has 1 heterocycles. The highest BCUT2D eigenvalue weighted by Crippen LogP contribution is 2.28. The Balaban J connectivity index is 1.66. The number of aromatic carboxylic acids is 1. The molecular formula is C19H21NO2. The number of carboxylic acids is 1. The number of hydrogen-bond acceptors (Lipinski definition) is 2. The lowest BCUT2D eigenvalue weighted by Gasteiger charge is -2.17. The lowest BCUT2D eigenvalue weighted by molar-refractivity contribution is 0.0696. The lowest BCUT2D eigenvalue weighted by atomic mass is 9.97. The summed E-state index contributed by atoms with van der Waals surface area (Å²) in [7, 11) is 0. The molecular weight excluding hydrogens is 274 g/mol. The predicted molar refractivity (Wildman–Crippen MR) is 87.2 cm³/mol. The van der Waals surface area contributed by atoms with Gasteiger partial charge in [-0.25, -0.2) is 4.79 Å². The summed E-state index contributed by atoms with van der Waals surface area (Å²) in [5.74, 6) is -0.275. The zero-order valence-electron chi connectivity index (χ0n) is 12.8. The Hall–Kier alpha value is -2.13. The van der Waals surface area contributed by atoms with Crippen molar-refractivity contribution in [1.82, 2.24) is 4.90 Å². The molecule has 0 radical (unpaired) electrons. The maximum absolute atomic E-state index is 11.0. The van der Waals surface area contributed by atoms with Crippen molar-refractivity contribution in [2.24, 2.45) is 0 Å². The van der Waals surface area contributed by atoms with Crippen molar-refractivity contribution in [3.63, 3.8) is 0 Å². The molecule has 3 rings (SSSR count). The molecule has 1 saturated heterocycles. The first-order chi connectivity index (χ1) is 10.6. The Morgan fingerprint density at radius 3 is 2.82 bits per heavy atom. The second kappa shape index (κ2) is 6.32. The highest BCUT2D eigenvalue weighted by molar-refractivity contribution is 5.87. The van der Waals surface area contributed by atoms with E-state index in [1.807, 2.05) is 12.1 Å². The normalized spacial score (nSPS) is 18.5. The average molecular weight is 295 g/mol. The Kier molecular flexibility index (Phi) is 4.25. The van der Waals surface area contributed by atoms with Gasteiger partial charge in [-0.05, 0) is 49.1 Å². The molecule has 22 heavy (non-hydrogen) atoms. The van der Waals surface area contributed by atoms with Gasteiger partial charge in [-0.2, -0.15) is 0 Å². The van der Waals surface area contributed by atoms with Gasteiger partial charge in [-0.1, -0.05) is 42.0 Å². The SMILES string of the molecule is Cc1cccc(C2CCN(Cc3cccc(C(=O)O)c3)C2)c1. The van der Waals surface area contributed by atoms with Crippen molar-refractivity contribution in [2.75, 3.05) is 13.1 Å². The quantitative estimate of drug-likeness (QED) is 0.935. The number of aryl methyl sites for hydroxylation is 1. The number of hydrogen-bond donors (Lipinski definition) is 1. The van der Waals surface area contributed by atoms with Crippen LogP contribution in [-0.2, 0) is 6.54 Å². The minimum absolute atomic E-state index is 0.368. The van der Waals surface area contributed by atoms with Gasteiger partial charge in [0.05, 0.1) is 5.56 Å². The summed E-state index contributed by atoms with van der Waals surface area (Å²) in [6.07, 6.45) is 1.17. The molecule has 1 unspecified atom stereocenters. The van der Waals surface area contributed by atoms with E-state index in [1.165, 1.54) is 17.5 Å². The van der Waals surface area contributed by atoms with Gasteiger partial charge in [0.25, 0.3) is 0 Å². The first-order valence-electron chi connectivity index (χ1n) is 7.73. The van der Waals surface area contributed by atoms with Crippen molar-refractivity contribution in [3.8, 4) is 0 Å². The maximum Gasteiger partial charge on any atom is 0.335 e. The van der Waals surface area contributed by atoms with Crippen LogP contribution in [0.1, 0.15) is 39.4 Å². The van der Waals surface area contributed by atoms with Crippen LogP contribution in [0.3, 0.4) is 0 Å². The first-order valence-corrected chi connectivity index (χ1v) is 7.73. The fourth-order valence-corrected chi connectivity index (χ4v) is 3.23. The van der Waals surface area contributed by atoms with Crippen LogP contribution in [0, 0.1) is 6.92 Å². The molecule has 3 heteroatoms. The molecule has 1 aliphatic rings. The Morgan fingerprint density at radius 2 is 2.05 bits per heavy atom. The van der Waals surface area contributed by atoms with E-state index in [0.29, 0.717) is 11.5 Å². The molecule has 1 aliphatic heterocycles. The van der Waals surface area contributed by atoms with Gasteiger partial charge < -0.3 is 5.11 Å². The molecule has 0 aromatic heterocycles. The van der Waals surface area contributed by atoms with Gasteiger partial charge in [0.1, 0.15) is 0 Å². The third-order valence-corrected chi connectivity index (χ3v) is 4.37. The molecule has 0 bridgehead atoms. The van der Waals surface area contributed by atoms with E-state index in [-0.39, 0.29) is 0 Å². The summed E-state index contributed by atoms with van der Waals surface area (Å²) in [4.78, 5) is 13.5. The summed E-state index contributed by atoms with van der Waals surface area (Å²) in [5, 5.41) is 9.07. The van der Waals surface area contributed by atoms with Crippen molar-refractivity contribution in [1.29, 1.82) is 0 Å². The van der Waals surface area contributed by atoms with E-state index in [2.05, 4.69) is 36.1 Å². The third-order valence-electron chi connectivity index (χ3n) is 4.37. The van der Waals surface area contributed by atoms with Gasteiger partial charge in [0, 0.05) is 13.1 Å². The fourth-order valence-electron chi connectivity index (χ4n) is 3.23. The van der Waals surface area contributed by atoms with Crippen molar-refractivity contribution >= 4 is 5.97 Å². The number of likely N-dealkylation sites (tertiary alicyclic amines) is 1. The van der Waals surface area contributed by atoms with E-state index < -0.39 is 5.97 Å². The zero-order valence-corrected chi connectivity index (χ0v) is 12.8. The van der Waals surface area contributed by atoms with Crippen LogP contribution in [0.5, 0.6) is 0 Å². The lowest BCUT2D eigenvalue weighted by Crippen LogP contribution is -2.20. The summed E-state index contributed by atoms with van der Waals surface area (Å²) in [6.45, 7) is 5.06. The highest BCUT2D eigenvalue weighted by atomic mass is 16.4. The maximum atomic E-state index is 11.0. The summed E-state index contributed by atoms with van der Waals surface area (Å²) in [5.41, 5.74) is 4.17. The van der Waals surface area contributed by atoms with Crippen LogP contribution in [0.15, 0.2) is 48.5 Å². The molecule has 2 aromatic carbocycles. The average Bonchev–Trinajstić information content (AvgIpc) is 2.96. The van der Waals surface area contributed by atoms with E-state index >= 15 is 0 Å². The van der Waals surface area contributed by atoms with Crippen LogP contribution >= 0.6 is 0 Å². The van der Waals surface area contributed by atoms with Crippen LogP contribution < -0.4 is 0 Å². The van der Waals surface area contributed by atoms with E-state index in [9.17, 15) is 4.79 Å². The Labute approximate surface area is 131 Å². The monoisotopic (exact) mass is 295 g/mol. The Morgan fingerprint density at radius 1 is 1.23 bits per heavy atom. The third kappa shape index (κ3) is 3.37. The zero-order chi connectivity index (χ0) is 15.5. The molecule has 1 N–H and O–H groups in total. The van der Waals surface area contributed by atoms with Gasteiger partial charge in [-0.15, -0.1) is 0 Å². The largest absolute Gasteiger partial charge is 0.478 e. The minimum atomic E-state index is -0.860. The fraction of sp³-hybridized carbons (Fsp3) is 0.316. The molecule has 2 aromatic rings. The smallest absolute Gasteiger partial charge is 0.335 e. The molecule has 0 saturated carbocycles. The number of carboxylic acid groups (broad SMARTS) is 1. The summed E-state index contributed by atoms with van der Waals surface area (Å²) < 4.78 is 0. The van der Waals surface area contributed by atoms with E-state index in [0.717, 1.165) is 25.2 Å². The molecule has 0 spiro atoms. The predicted octanol–water partition coefficient (Wildman–Crippen LogP) is 3.68. The standard InChI is InChI=1S/C19H21NO2/c1-14-4-2-6-16(10-14)18-8-9-20(13-18)12-15-5-3-7-17(11-15)19(21)22/h2-7,10-11,18H,8-9,12-13H2,1H3,(H,21,22). The second-order valence-corrected chi connectivity index (χ2v) is 6.14. The van der Waals surface area contributed by atoms with E-state index in [1.54, 1.807) is 12.1 Å². The van der Waals surface area contributed by atoms with Crippen molar-refractivity contribution < 1.29 is 9.90 Å². The summed E-state index contributed by atoms with van der Waals surface area (Å²) in [6, 6.07) is 16.0. The topological polar surface area (TPSA) is 40.5 Å². The number of carbonyl (C=O) groups is 1. The van der Waals surface area contributed by atoms with Crippen LogP contribution in [0.2, 0.25) is 0 Å². The molecule has 1 fully saturated rings. The van der Waals surface area contributed by atoms with Gasteiger partial charge in [0.15, 0.2) is 0 Å². The van der Waals surface area contributed by atoms with Gasteiger partial charge in [0.2, 0.25) is 0 Å². The molecule has 0 aliphatic carbocycles.